The number of fused-ring (bicyclic) bond motifs is 4. The van der Waals surface area contributed by atoms with Crippen molar-refractivity contribution in [3.63, 3.8) is 0 Å². The third-order valence-corrected chi connectivity index (χ3v) is 9.79. The Kier molecular flexibility index (Phi) is 6.77. The fraction of sp³-hybridized carbons (Fsp3) is 0.0667. The molecule has 0 bridgehead atoms. The van der Waals surface area contributed by atoms with Crippen molar-refractivity contribution in [3.8, 4) is 67.7 Å². The second-order valence-corrected chi connectivity index (χ2v) is 13.1. The monoisotopic (exact) mass is 628 g/mol. The largest absolute Gasteiger partial charge is 0.256 e. The van der Waals surface area contributed by atoms with Gasteiger partial charge in [0.2, 0.25) is 0 Å². The summed E-state index contributed by atoms with van der Waals surface area (Å²) in [5.74, 6) is 1.96. The highest BCUT2D eigenvalue weighted by Crippen LogP contribution is 2.54. The minimum absolute atomic E-state index is 0.250. The maximum atomic E-state index is 5.28. The minimum atomic E-state index is -0.250. The smallest absolute Gasteiger partial charge is 0.165 e. The summed E-state index contributed by atoms with van der Waals surface area (Å²) in [6.45, 7) is 4.64. The zero-order valence-corrected chi connectivity index (χ0v) is 27.3. The molecule has 9 rings (SSSR count). The molecule has 0 N–H and O–H groups in total. The van der Waals surface area contributed by atoms with E-state index in [-0.39, 0.29) is 5.41 Å². The average molecular weight is 629 g/mol. The first-order valence-electron chi connectivity index (χ1n) is 16.6. The second-order valence-electron chi connectivity index (χ2n) is 13.1. The molecule has 0 atom stereocenters. The van der Waals surface area contributed by atoms with Gasteiger partial charge in [0.1, 0.15) is 0 Å². The molecule has 0 fully saturated rings. The summed E-state index contributed by atoms with van der Waals surface area (Å²) in [6, 6.07) is 52.9. The molecule has 4 heteroatoms. The van der Waals surface area contributed by atoms with Gasteiger partial charge < -0.3 is 0 Å². The molecule has 1 aliphatic rings. The highest BCUT2D eigenvalue weighted by Gasteiger charge is 2.39. The average Bonchev–Trinajstić information content (AvgIpc) is 3.39. The topological polar surface area (TPSA) is 51.6 Å². The van der Waals surface area contributed by atoms with Crippen LogP contribution in [0.1, 0.15) is 25.0 Å². The first-order chi connectivity index (χ1) is 24.0. The van der Waals surface area contributed by atoms with Gasteiger partial charge in [-0.3, -0.25) is 4.98 Å². The zero-order chi connectivity index (χ0) is 33.0. The van der Waals surface area contributed by atoms with Gasteiger partial charge in [-0.05, 0) is 68.4 Å². The van der Waals surface area contributed by atoms with E-state index >= 15 is 0 Å². The zero-order valence-electron chi connectivity index (χ0n) is 27.3. The molecule has 0 saturated heterocycles. The molecule has 0 aliphatic heterocycles. The molecule has 8 aromatic rings. The van der Waals surface area contributed by atoms with E-state index in [0.717, 1.165) is 44.3 Å². The van der Waals surface area contributed by atoms with Crippen molar-refractivity contribution in [2.45, 2.75) is 19.3 Å². The number of hydrogen-bond donors (Lipinski definition) is 0. The molecule has 49 heavy (non-hydrogen) atoms. The molecule has 232 valence electrons. The molecule has 0 amide bonds. The fourth-order valence-electron chi connectivity index (χ4n) is 7.25. The van der Waals surface area contributed by atoms with Crippen LogP contribution in [0.3, 0.4) is 0 Å². The van der Waals surface area contributed by atoms with Crippen LogP contribution in [0.2, 0.25) is 0 Å². The number of rotatable bonds is 5. The number of nitrogens with zero attached hydrogens (tertiary/aromatic N) is 4. The lowest BCUT2D eigenvalue weighted by atomic mass is 9.80. The molecule has 0 radical (unpaired) electrons. The maximum Gasteiger partial charge on any atom is 0.165 e. The normalized spacial score (nSPS) is 12.9. The van der Waals surface area contributed by atoms with Crippen molar-refractivity contribution in [1.82, 2.24) is 19.9 Å². The van der Waals surface area contributed by atoms with Crippen LogP contribution in [0, 0.1) is 0 Å². The third-order valence-electron chi connectivity index (χ3n) is 9.79. The molecule has 0 spiro atoms. The summed E-state index contributed by atoms with van der Waals surface area (Å²) in [6.07, 6.45) is 1.85. The summed E-state index contributed by atoms with van der Waals surface area (Å²) >= 11 is 0. The molecule has 6 aromatic carbocycles. The molecule has 1 aliphatic carbocycles. The number of pyridine rings is 1. The van der Waals surface area contributed by atoms with Crippen LogP contribution in [0.4, 0.5) is 0 Å². The van der Waals surface area contributed by atoms with E-state index in [9.17, 15) is 0 Å². The first kappa shape index (κ1) is 28.9. The fourth-order valence-corrected chi connectivity index (χ4v) is 7.25. The first-order valence-corrected chi connectivity index (χ1v) is 16.6. The van der Waals surface area contributed by atoms with E-state index in [4.69, 9.17) is 15.0 Å². The predicted molar refractivity (Wildman–Crippen MR) is 200 cm³/mol. The van der Waals surface area contributed by atoms with Gasteiger partial charge in [-0.2, -0.15) is 0 Å². The number of aromatic nitrogens is 4. The van der Waals surface area contributed by atoms with Crippen LogP contribution >= 0.6 is 0 Å². The van der Waals surface area contributed by atoms with Crippen LogP contribution in [0.15, 0.2) is 158 Å². The summed E-state index contributed by atoms with van der Waals surface area (Å²) in [4.78, 5) is 20.2. The molecule has 2 aromatic heterocycles. The highest BCUT2D eigenvalue weighted by atomic mass is 15.0. The molecule has 0 unspecified atom stereocenters. The van der Waals surface area contributed by atoms with Gasteiger partial charge in [-0.1, -0.05) is 141 Å². The van der Waals surface area contributed by atoms with E-state index < -0.39 is 0 Å². The Bertz CT molecular complexity index is 2490. The summed E-state index contributed by atoms with van der Waals surface area (Å²) in [5.41, 5.74) is 12.0. The molecule has 4 nitrogen and oxygen atoms in total. The van der Waals surface area contributed by atoms with Crippen molar-refractivity contribution in [2.24, 2.45) is 0 Å². The Hall–Kier alpha value is -6.26. The molecule has 0 saturated carbocycles. The quantitative estimate of drug-likeness (QED) is 0.190. The predicted octanol–water partition coefficient (Wildman–Crippen LogP) is 11.1. The van der Waals surface area contributed by atoms with E-state index in [2.05, 4.69) is 134 Å². The lowest BCUT2D eigenvalue weighted by molar-refractivity contribution is 0.661. The Balaban J connectivity index is 1.29. The van der Waals surface area contributed by atoms with E-state index in [0.29, 0.717) is 17.5 Å². The van der Waals surface area contributed by atoms with Crippen molar-refractivity contribution >= 4 is 10.8 Å². The minimum Gasteiger partial charge on any atom is -0.256 e. The van der Waals surface area contributed by atoms with Crippen molar-refractivity contribution in [2.75, 3.05) is 0 Å². The van der Waals surface area contributed by atoms with Crippen LogP contribution in [-0.4, -0.2) is 19.9 Å². The summed E-state index contributed by atoms with van der Waals surface area (Å²) in [5, 5.41) is 2.28. The van der Waals surface area contributed by atoms with Crippen molar-refractivity contribution in [1.29, 1.82) is 0 Å². The standard InChI is InChI=1S/C45H32N4/c1-45(2)37-28-34(39-19-11-12-26-46-39)24-25-36(37)40-38(45)27-33-17-9-10-18-35(33)41(40)44-48-42(31-15-7-4-8-16-31)47-43(49-44)32-22-20-30(21-23-32)29-13-5-3-6-14-29/h3-28H,1-2H3. The second kappa shape index (κ2) is 11.5. The van der Waals surface area contributed by atoms with E-state index in [1.165, 1.54) is 27.8 Å². The van der Waals surface area contributed by atoms with Crippen LogP contribution in [0.5, 0.6) is 0 Å². The Morgan fingerprint density at radius 1 is 0.429 bits per heavy atom. The Morgan fingerprint density at radius 2 is 1.00 bits per heavy atom. The third kappa shape index (κ3) is 4.92. The number of hydrogen-bond acceptors (Lipinski definition) is 4. The summed E-state index contributed by atoms with van der Waals surface area (Å²) in [7, 11) is 0. The lowest BCUT2D eigenvalue weighted by Crippen LogP contribution is -2.15. The molecular formula is C45H32N4. The van der Waals surface area contributed by atoms with Gasteiger partial charge in [0.05, 0.1) is 5.69 Å². The SMILES string of the molecule is CC1(C)c2cc(-c3ccccn3)ccc2-c2c1cc1ccccc1c2-c1nc(-c2ccccc2)nc(-c2ccc(-c3ccccc3)cc2)n1. The Labute approximate surface area is 285 Å². The molecular weight excluding hydrogens is 597 g/mol. The maximum absolute atomic E-state index is 5.28. The summed E-state index contributed by atoms with van der Waals surface area (Å²) < 4.78 is 0. The van der Waals surface area contributed by atoms with Crippen molar-refractivity contribution in [3.05, 3.63) is 169 Å². The van der Waals surface area contributed by atoms with Gasteiger partial charge in [-0.15, -0.1) is 0 Å². The van der Waals surface area contributed by atoms with E-state index in [1.54, 1.807) is 0 Å². The van der Waals surface area contributed by atoms with Crippen LogP contribution in [0.25, 0.3) is 78.4 Å². The Morgan fingerprint density at radius 3 is 1.71 bits per heavy atom. The number of benzene rings is 6. The molecule has 2 heterocycles. The van der Waals surface area contributed by atoms with Crippen LogP contribution < -0.4 is 0 Å². The van der Waals surface area contributed by atoms with E-state index in [1.807, 2.05) is 42.6 Å². The van der Waals surface area contributed by atoms with Crippen molar-refractivity contribution < 1.29 is 0 Å². The van der Waals surface area contributed by atoms with Gasteiger partial charge in [0, 0.05) is 33.9 Å². The highest BCUT2D eigenvalue weighted by molar-refractivity contribution is 6.07. The van der Waals surface area contributed by atoms with Gasteiger partial charge in [0.15, 0.2) is 17.5 Å². The van der Waals surface area contributed by atoms with Gasteiger partial charge in [0.25, 0.3) is 0 Å². The van der Waals surface area contributed by atoms with Crippen LogP contribution in [-0.2, 0) is 5.41 Å². The lowest BCUT2D eigenvalue weighted by Gasteiger charge is -2.23. The van der Waals surface area contributed by atoms with Gasteiger partial charge >= 0.3 is 0 Å². The van der Waals surface area contributed by atoms with Gasteiger partial charge in [-0.25, -0.2) is 15.0 Å².